The molecule has 5 nitrogen and oxygen atoms in total. The fourth-order valence-corrected chi connectivity index (χ4v) is 4.48. The maximum atomic E-state index is 13.1. The van der Waals surface area contributed by atoms with Gasteiger partial charge in [0.1, 0.15) is 17.2 Å². The van der Waals surface area contributed by atoms with Gasteiger partial charge in [-0.05, 0) is 55.5 Å². The maximum Gasteiger partial charge on any atom is 0.434 e. The quantitative estimate of drug-likeness (QED) is 0.436. The monoisotopic (exact) mass is 465 g/mol. The molecule has 1 N–H and O–H groups in total. The number of pyridine rings is 1. The Hall–Kier alpha value is -2.74. The molecule has 170 valence electrons. The number of nitrogens with zero attached hydrogens (tertiary/aromatic N) is 2. The van der Waals surface area contributed by atoms with E-state index in [1.54, 1.807) is 37.4 Å². The minimum absolute atomic E-state index is 0.0239. The van der Waals surface area contributed by atoms with Gasteiger partial charge in [-0.25, -0.2) is 4.98 Å². The van der Waals surface area contributed by atoms with Crippen molar-refractivity contribution in [3.05, 3.63) is 58.9 Å². The zero-order valence-electron chi connectivity index (χ0n) is 17.5. The fourth-order valence-electron chi connectivity index (χ4n) is 4.28. The summed E-state index contributed by atoms with van der Waals surface area (Å²) in [5.41, 5.74) is -0.181. The van der Waals surface area contributed by atoms with Crippen LogP contribution in [0, 0.1) is 5.92 Å². The molecule has 3 aromatic rings. The largest absolute Gasteiger partial charge is 0.497 e. The summed E-state index contributed by atoms with van der Waals surface area (Å²) in [6.07, 6.45) is 0.348. The van der Waals surface area contributed by atoms with Crippen molar-refractivity contribution in [2.24, 2.45) is 5.92 Å². The van der Waals surface area contributed by atoms with E-state index in [9.17, 15) is 18.0 Å². The summed E-state index contributed by atoms with van der Waals surface area (Å²) in [6.45, 7) is 0. The number of aromatic nitrogens is 2. The molecule has 0 saturated heterocycles. The number of nitrogens with one attached hydrogen (secondary N) is 1. The highest BCUT2D eigenvalue weighted by atomic mass is 35.5. The van der Waals surface area contributed by atoms with Crippen molar-refractivity contribution in [3.8, 4) is 5.75 Å². The van der Waals surface area contributed by atoms with E-state index in [-0.39, 0.29) is 23.4 Å². The molecule has 2 heterocycles. The number of carbonyl (C=O) groups excluding carboxylic acids is 1. The number of benzene rings is 1. The number of halogens is 4. The highest BCUT2D eigenvalue weighted by Crippen LogP contribution is 2.33. The Morgan fingerprint density at radius 1 is 1.25 bits per heavy atom. The predicted octanol–water partition coefficient (Wildman–Crippen LogP) is 6.26. The van der Waals surface area contributed by atoms with E-state index >= 15 is 0 Å². The summed E-state index contributed by atoms with van der Waals surface area (Å²) in [5.74, 6) is 1.43. The number of rotatable bonds is 6. The molecule has 9 heteroatoms. The molecule has 1 saturated carbocycles. The lowest BCUT2D eigenvalue weighted by Crippen LogP contribution is -2.29. The van der Waals surface area contributed by atoms with E-state index in [1.807, 2.05) is 0 Å². The van der Waals surface area contributed by atoms with Crippen molar-refractivity contribution in [1.82, 2.24) is 9.38 Å². The molecule has 1 aromatic carbocycles. The van der Waals surface area contributed by atoms with Crippen LogP contribution in [0.1, 0.15) is 48.2 Å². The lowest BCUT2D eigenvalue weighted by molar-refractivity contribution is -0.140. The molecule has 0 amide bonds. The highest BCUT2D eigenvalue weighted by molar-refractivity contribution is 6.31. The third-order valence-electron chi connectivity index (χ3n) is 5.85. The van der Waals surface area contributed by atoms with Gasteiger partial charge in [0.05, 0.1) is 7.11 Å². The van der Waals surface area contributed by atoms with Gasteiger partial charge >= 0.3 is 6.18 Å². The number of fused-ring (bicyclic) bond motifs is 1. The Morgan fingerprint density at radius 2 is 2.00 bits per heavy atom. The number of hydrogen-bond acceptors (Lipinski definition) is 4. The molecule has 0 spiro atoms. The van der Waals surface area contributed by atoms with Gasteiger partial charge in [0.25, 0.3) is 0 Å². The standard InChI is InChI=1S/C23H23ClF3N3O2/c1-32-18-7-5-15(6-8-18)19(31)10-14-3-2-4-17(9-14)28-21-11-16(24)12-22-29-20(13-30(21)22)23(25,26)27/h5-8,11-14,17,28H,2-4,9-10H2,1H3/t14-,17+/m1/s1. The summed E-state index contributed by atoms with van der Waals surface area (Å²) < 4.78 is 45.8. The zero-order valence-corrected chi connectivity index (χ0v) is 18.2. The Labute approximate surface area is 188 Å². The predicted molar refractivity (Wildman–Crippen MR) is 117 cm³/mol. The van der Waals surface area contributed by atoms with Crippen LogP contribution in [0.4, 0.5) is 19.0 Å². The van der Waals surface area contributed by atoms with Crippen LogP contribution >= 0.6 is 11.6 Å². The highest BCUT2D eigenvalue weighted by Gasteiger charge is 2.34. The van der Waals surface area contributed by atoms with Gasteiger partial charge in [-0.3, -0.25) is 9.20 Å². The topological polar surface area (TPSA) is 55.6 Å². The molecular weight excluding hydrogens is 443 g/mol. The van der Waals surface area contributed by atoms with Crippen molar-refractivity contribution in [2.75, 3.05) is 12.4 Å². The second kappa shape index (κ2) is 9.02. The zero-order chi connectivity index (χ0) is 22.9. The van der Waals surface area contributed by atoms with E-state index in [0.29, 0.717) is 28.6 Å². The van der Waals surface area contributed by atoms with Crippen LogP contribution in [-0.2, 0) is 6.18 Å². The maximum absolute atomic E-state index is 13.1. The number of carbonyl (C=O) groups is 1. The van der Waals surface area contributed by atoms with Crippen LogP contribution in [-0.4, -0.2) is 28.3 Å². The van der Waals surface area contributed by atoms with Crippen LogP contribution in [0.3, 0.4) is 0 Å². The molecule has 1 aliphatic carbocycles. The lowest BCUT2D eigenvalue weighted by Gasteiger charge is -2.30. The Balaban J connectivity index is 1.46. The molecule has 32 heavy (non-hydrogen) atoms. The Bertz CT molecular complexity index is 1110. The molecule has 0 aliphatic heterocycles. The summed E-state index contributed by atoms with van der Waals surface area (Å²) >= 11 is 6.12. The smallest absolute Gasteiger partial charge is 0.434 e. The van der Waals surface area contributed by atoms with Crippen LogP contribution in [0.25, 0.3) is 5.65 Å². The van der Waals surface area contributed by atoms with Gasteiger partial charge in [-0.2, -0.15) is 13.2 Å². The van der Waals surface area contributed by atoms with E-state index in [4.69, 9.17) is 16.3 Å². The van der Waals surface area contributed by atoms with Gasteiger partial charge in [-0.15, -0.1) is 0 Å². The van der Waals surface area contributed by atoms with Gasteiger partial charge in [0.15, 0.2) is 11.5 Å². The van der Waals surface area contributed by atoms with Crippen LogP contribution in [0.15, 0.2) is 42.6 Å². The van der Waals surface area contributed by atoms with E-state index in [2.05, 4.69) is 10.3 Å². The van der Waals surface area contributed by atoms with Crippen molar-refractivity contribution in [2.45, 2.75) is 44.3 Å². The molecule has 4 rings (SSSR count). The molecule has 2 aromatic heterocycles. The van der Waals surface area contributed by atoms with Crippen LogP contribution < -0.4 is 10.1 Å². The first kappa shape index (κ1) is 22.5. The first-order valence-corrected chi connectivity index (χ1v) is 10.8. The lowest BCUT2D eigenvalue weighted by atomic mass is 9.82. The first-order valence-electron chi connectivity index (χ1n) is 10.4. The molecular formula is C23H23ClF3N3O2. The number of methoxy groups -OCH3 is 1. The van der Waals surface area contributed by atoms with Crippen molar-refractivity contribution < 1.29 is 22.7 Å². The number of hydrogen-bond donors (Lipinski definition) is 1. The number of alkyl halides is 3. The van der Waals surface area contributed by atoms with E-state index in [0.717, 1.165) is 31.9 Å². The van der Waals surface area contributed by atoms with Crippen molar-refractivity contribution in [3.63, 3.8) is 0 Å². The molecule has 1 aliphatic rings. The van der Waals surface area contributed by atoms with Crippen LogP contribution in [0.5, 0.6) is 5.75 Å². The number of imidazole rings is 1. The molecule has 2 atom stereocenters. The fraction of sp³-hybridized carbons (Fsp3) is 0.391. The third-order valence-corrected chi connectivity index (χ3v) is 6.06. The van der Waals surface area contributed by atoms with Crippen LogP contribution in [0.2, 0.25) is 5.02 Å². The van der Waals surface area contributed by atoms with Gasteiger partial charge in [-0.1, -0.05) is 18.0 Å². The second-order valence-electron chi connectivity index (χ2n) is 8.14. The number of ether oxygens (including phenoxy) is 1. The average Bonchev–Trinajstić information content (AvgIpc) is 3.19. The van der Waals surface area contributed by atoms with E-state index in [1.165, 1.54) is 10.5 Å². The Kier molecular flexibility index (Phi) is 6.33. The van der Waals surface area contributed by atoms with E-state index < -0.39 is 11.9 Å². The normalized spacial score (nSPS) is 19.2. The van der Waals surface area contributed by atoms with Gasteiger partial charge < -0.3 is 10.1 Å². The SMILES string of the molecule is COc1ccc(C(=O)C[C@@H]2CCC[C@H](Nc3cc(Cl)cc4nc(C(F)(F)F)cn34)C2)cc1. The molecule has 0 unspecified atom stereocenters. The third kappa shape index (κ3) is 5.01. The number of ketones is 1. The van der Waals surface area contributed by atoms with Crippen molar-refractivity contribution >= 4 is 28.8 Å². The Morgan fingerprint density at radius 3 is 2.69 bits per heavy atom. The molecule has 1 fully saturated rings. The number of anilines is 1. The second-order valence-corrected chi connectivity index (χ2v) is 8.58. The summed E-state index contributed by atoms with van der Waals surface area (Å²) in [4.78, 5) is 16.4. The minimum atomic E-state index is -4.53. The first-order chi connectivity index (χ1) is 15.2. The minimum Gasteiger partial charge on any atom is -0.497 e. The summed E-state index contributed by atoms with van der Waals surface area (Å²) in [5, 5.41) is 3.64. The average molecular weight is 466 g/mol. The van der Waals surface area contributed by atoms with Crippen molar-refractivity contribution in [1.29, 1.82) is 0 Å². The number of Topliss-reactive ketones (excluding diaryl/α,β-unsaturated/α-hetero) is 1. The molecule has 0 bridgehead atoms. The summed E-state index contributed by atoms with van der Waals surface area (Å²) in [6, 6.07) is 10.1. The van der Waals surface area contributed by atoms with Gasteiger partial charge in [0, 0.05) is 35.3 Å². The summed E-state index contributed by atoms with van der Waals surface area (Å²) in [7, 11) is 1.58. The molecule has 0 radical (unpaired) electrons. The van der Waals surface area contributed by atoms with Gasteiger partial charge in [0.2, 0.25) is 0 Å².